The van der Waals surface area contributed by atoms with E-state index in [2.05, 4.69) is 0 Å². The fourth-order valence-electron chi connectivity index (χ4n) is 3.32. The fraction of sp³-hybridized carbons (Fsp3) is 0.286. The number of hydrogen-bond acceptors (Lipinski definition) is 9. The van der Waals surface area contributed by atoms with E-state index in [9.17, 15) is 30.3 Å². The zero-order valence-corrected chi connectivity index (χ0v) is 15.6. The lowest BCUT2D eigenvalue weighted by molar-refractivity contribution is -0.277. The van der Waals surface area contributed by atoms with Crippen molar-refractivity contribution >= 4 is 11.0 Å². The molecule has 2 aromatic carbocycles. The number of phenolic OH excluding ortho intramolecular Hbond substituents is 1. The van der Waals surface area contributed by atoms with E-state index in [1.54, 1.807) is 12.1 Å². The zero-order valence-electron chi connectivity index (χ0n) is 15.6. The highest BCUT2D eigenvalue weighted by Gasteiger charge is 2.44. The fourth-order valence-corrected chi connectivity index (χ4v) is 3.32. The van der Waals surface area contributed by atoms with Crippen LogP contribution in [0.25, 0.3) is 22.1 Å². The van der Waals surface area contributed by atoms with Gasteiger partial charge in [0.2, 0.25) is 6.29 Å². The van der Waals surface area contributed by atoms with Crippen molar-refractivity contribution in [2.45, 2.75) is 30.7 Å². The number of aliphatic hydroxyl groups is 4. The summed E-state index contributed by atoms with van der Waals surface area (Å²) in [5.41, 5.74) is 0.862. The molecule has 0 saturated carbocycles. The first-order valence-corrected chi connectivity index (χ1v) is 9.21. The summed E-state index contributed by atoms with van der Waals surface area (Å²) < 4.78 is 16.4. The van der Waals surface area contributed by atoms with Crippen LogP contribution in [0.15, 0.2) is 57.9 Å². The maximum atomic E-state index is 12.8. The van der Waals surface area contributed by atoms with Gasteiger partial charge >= 0.3 is 0 Å². The summed E-state index contributed by atoms with van der Waals surface area (Å²) in [6, 6.07) is 10.5. The van der Waals surface area contributed by atoms with Gasteiger partial charge in [0.1, 0.15) is 47.8 Å². The van der Waals surface area contributed by atoms with Crippen LogP contribution in [0.3, 0.4) is 0 Å². The molecule has 1 fully saturated rings. The standard InChI is InChI=1S/C21H20O9/c22-8-16-18(25)19(26)20(27)21(30-16)29-12-5-6-13-15(7-12)28-9-14(17(13)24)10-1-3-11(23)4-2-10/h1-7,9,16,18-23,25-27H,8H2/t16?,18-,19?,20?,21+/m1/s1. The van der Waals surface area contributed by atoms with Gasteiger partial charge in [0.15, 0.2) is 5.43 Å². The molecule has 5 N–H and O–H groups in total. The summed E-state index contributed by atoms with van der Waals surface area (Å²) in [6.07, 6.45) is -5.75. The quantitative estimate of drug-likeness (QED) is 0.406. The van der Waals surface area contributed by atoms with Crippen LogP contribution in [0.5, 0.6) is 11.5 Å². The third-order valence-corrected chi connectivity index (χ3v) is 5.03. The van der Waals surface area contributed by atoms with Crippen LogP contribution in [0, 0.1) is 0 Å². The SMILES string of the molecule is O=c1c(-c2ccc(O)cc2)coc2cc(O[C@H]3OC(CO)[C@@H](O)C(O)C3O)ccc12. The molecule has 1 aromatic heterocycles. The lowest BCUT2D eigenvalue weighted by Crippen LogP contribution is -2.60. The van der Waals surface area contributed by atoms with Crippen molar-refractivity contribution in [1.82, 2.24) is 0 Å². The van der Waals surface area contributed by atoms with Crippen molar-refractivity contribution in [3.8, 4) is 22.6 Å². The highest BCUT2D eigenvalue weighted by Crippen LogP contribution is 2.27. The van der Waals surface area contributed by atoms with E-state index in [1.165, 1.54) is 36.6 Å². The number of phenols is 1. The molecule has 5 atom stereocenters. The van der Waals surface area contributed by atoms with Crippen molar-refractivity contribution in [3.05, 3.63) is 59.0 Å². The van der Waals surface area contributed by atoms with E-state index in [1.807, 2.05) is 0 Å². The Balaban J connectivity index is 1.62. The number of aliphatic hydroxyl groups excluding tert-OH is 4. The van der Waals surface area contributed by atoms with Crippen molar-refractivity contribution in [1.29, 1.82) is 0 Å². The van der Waals surface area contributed by atoms with E-state index in [0.29, 0.717) is 16.5 Å². The number of aromatic hydroxyl groups is 1. The maximum absolute atomic E-state index is 12.8. The second kappa shape index (κ2) is 8.05. The third kappa shape index (κ3) is 3.64. The van der Waals surface area contributed by atoms with Crippen molar-refractivity contribution in [3.63, 3.8) is 0 Å². The van der Waals surface area contributed by atoms with E-state index < -0.39 is 37.3 Å². The second-order valence-electron chi connectivity index (χ2n) is 7.00. The summed E-state index contributed by atoms with van der Waals surface area (Å²) in [6.45, 7) is -0.572. The van der Waals surface area contributed by atoms with E-state index in [0.717, 1.165) is 0 Å². The summed E-state index contributed by atoms with van der Waals surface area (Å²) in [5, 5.41) is 48.7. The smallest absolute Gasteiger partial charge is 0.229 e. The van der Waals surface area contributed by atoms with Gasteiger partial charge in [0, 0.05) is 6.07 Å². The van der Waals surface area contributed by atoms with Gasteiger partial charge in [-0.3, -0.25) is 4.79 Å². The normalized spacial score (nSPS) is 26.6. The Bertz CT molecular complexity index is 1090. The third-order valence-electron chi connectivity index (χ3n) is 5.03. The zero-order chi connectivity index (χ0) is 21.4. The molecule has 1 aliphatic heterocycles. The van der Waals surface area contributed by atoms with Crippen molar-refractivity contribution in [2.75, 3.05) is 6.61 Å². The molecule has 1 saturated heterocycles. The molecule has 9 heteroatoms. The molecule has 4 rings (SSSR count). The average molecular weight is 416 g/mol. The molecule has 0 aliphatic carbocycles. The Morgan fingerprint density at radius 2 is 1.70 bits per heavy atom. The molecular weight excluding hydrogens is 396 g/mol. The van der Waals surface area contributed by atoms with Gasteiger partial charge in [-0.2, -0.15) is 0 Å². The van der Waals surface area contributed by atoms with Crippen LogP contribution in [0.2, 0.25) is 0 Å². The molecule has 0 radical (unpaired) electrons. The van der Waals surface area contributed by atoms with Crippen LogP contribution in [-0.4, -0.2) is 62.8 Å². The summed E-state index contributed by atoms with van der Waals surface area (Å²) in [7, 11) is 0. The lowest BCUT2D eigenvalue weighted by atomic mass is 9.99. The predicted octanol–water partition coefficient (Wildman–Crippen LogP) is 0.344. The first-order chi connectivity index (χ1) is 14.4. The largest absolute Gasteiger partial charge is 0.508 e. The first-order valence-electron chi connectivity index (χ1n) is 9.21. The van der Waals surface area contributed by atoms with Gasteiger partial charge in [-0.1, -0.05) is 12.1 Å². The molecule has 3 aromatic rings. The van der Waals surface area contributed by atoms with Crippen molar-refractivity contribution in [2.24, 2.45) is 0 Å². The van der Waals surface area contributed by atoms with Crippen LogP contribution >= 0.6 is 0 Å². The minimum Gasteiger partial charge on any atom is -0.508 e. The number of benzene rings is 2. The highest BCUT2D eigenvalue weighted by atomic mass is 16.7. The maximum Gasteiger partial charge on any atom is 0.229 e. The molecule has 2 heterocycles. The molecule has 30 heavy (non-hydrogen) atoms. The molecule has 158 valence electrons. The molecule has 3 unspecified atom stereocenters. The van der Waals surface area contributed by atoms with E-state index in [4.69, 9.17) is 13.9 Å². The molecule has 1 aliphatic rings. The van der Waals surface area contributed by atoms with E-state index in [-0.39, 0.29) is 22.5 Å². The van der Waals surface area contributed by atoms with Gasteiger partial charge in [-0.25, -0.2) is 0 Å². The summed E-state index contributed by atoms with van der Waals surface area (Å²) in [4.78, 5) is 12.8. The molecule has 0 spiro atoms. The Kier molecular flexibility index (Phi) is 5.46. The topological polar surface area (TPSA) is 150 Å². The minimum atomic E-state index is -1.56. The molecule has 9 nitrogen and oxygen atoms in total. The van der Waals surface area contributed by atoms with Crippen LogP contribution in [0.1, 0.15) is 0 Å². The Morgan fingerprint density at radius 3 is 2.40 bits per heavy atom. The van der Waals surface area contributed by atoms with Gasteiger partial charge in [0.05, 0.1) is 17.6 Å². The summed E-state index contributed by atoms with van der Waals surface area (Å²) in [5.74, 6) is 0.270. The number of fused-ring (bicyclic) bond motifs is 1. The van der Waals surface area contributed by atoms with Crippen LogP contribution in [0.4, 0.5) is 0 Å². The highest BCUT2D eigenvalue weighted by molar-refractivity contribution is 5.82. The van der Waals surface area contributed by atoms with Crippen LogP contribution < -0.4 is 10.2 Å². The number of hydrogen-bond donors (Lipinski definition) is 5. The van der Waals surface area contributed by atoms with E-state index >= 15 is 0 Å². The van der Waals surface area contributed by atoms with Gasteiger partial charge in [-0.05, 0) is 29.8 Å². The minimum absolute atomic E-state index is 0.0823. The summed E-state index contributed by atoms with van der Waals surface area (Å²) >= 11 is 0. The Labute approximate surface area is 170 Å². The molecular formula is C21H20O9. The molecule has 0 bridgehead atoms. The molecule has 0 amide bonds. The predicted molar refractivity (Wildman–Crippen MR) is 104 cm³/mol. The first kappa shape index (κ1) is 20.3. The lowest BCUT2D eigenvalue weighted by Gasteiger charge is -2.39. The van der Waals surface area contributed by atoms with Gasteiger partial charge < -0.3 is 39.4 Å². The number of ether oxygens (including phenoxy) is 2. The monoisotopic (exact) mass is 416 g/mol. The Morgan fingerprint density at radius 1 is 0.967 bits per heavy atom. The van der Waals surface area contributed by atoms with Gasteiger partial charge in [0.25, 0.3) is 0 Å². The number of rotatable bonds is 4. The second-order valence-corrected chi connectivity index (χ2v) is 7.00. The Hall–Kier alpha value is -2.95. The van der Waals surface area contributed by atoms with Crippen LogP contribution in [-0.2, 0) is 4.74 Å². The van der Waals surface area contributed by atoms with Gasteiger partial charge in [-0.15, -0.1) is 0 Å². The average Bonchev–Trinajstić information content (AvgIpc) is 2.75. The van der Waals surface area contributed by atoms with Crippen molar-refractivity contribution < 1.29 is 39.4 Å².